The van der Waals surface area contributed by atoms with E-state index in [-0.39, 0.29) is 0 Å². The first-order valence-electron chi connectivity index (χ1n) is 12.4. The minimum atomic E-state index is 0.648. The van der Waals surface area contributed by atoms with Gasteiger partial charge in [-0.15, -0.1) is 10.2 Å². The molecule has 0 saturated heterocycles. The lowest BCUT2D eigenvalue weighted by Crippen LogP contribution is -2.33. The Morgan fingerprint density at radius 1 is 0.395 bits per heavy atom. The predicted octanol–water partition coefficient (Wildman–Crippen LogP) is 5.95. The number of fused-ring (bicyclic) bond motifs is 2. The maximum Gasteiger partial charge on any atom is 0.180 e. The number of anilines is 4. The van der Waals surface area contributed by atoms with E-state index in [1.54, 1.807) is 0 Å². The highest BCUT2D eigenvalue weighted by atomic mass is 15.5. The molecule has 0 spiro atoms. The maximum absolute atomic E-state index is 5.00. The van der Waals surface area contributed by atoms with Gasteiger partial charge in [-0.05, 0) is 36.4 Å². The molecule has 0 bridgehead atoms. The SMILES string of the molecule is c1ccc(C2=NN(c3ccccc3)c3cc4c(cc3=N2)N(c2ccccc2)N=C(c2ccccc2)N=4)cc1. The van der Waals surface area contributed by atoms with E-state index in [9.17, 15) is 0 Å². The molecule has 38 heavy (non-hydrogen) atoms. The third-order valence-corrected chi connectivity index (χ3v) is 6.44. The molecule has 180 valence electrons. The van der Waals surface area contributed by atoms with Gasteiger partial charge in [0, 0.05) is 11.1 Å². The number of hydrogen-bond donors (Lipinski definition) is 0. The Balaban J connectivity index is 1.48. The number of nitrogens with zero attached hydrogens (tertiary/aromatic N) is 6. The van der Waals surface area contributed by atoms with Gasteiger partial charge in [0.2, 0.25) is 0 Å². The van der Waals surface area contributed by atoms with Crippen LogP contribution in [0.4, 0.5) is 22.7 Å². The first kappa shape index (κ1) is 21.9. The molecule has 6 heteroatoms. The van der Waals surface area contributed by atoms with Crippen molar-refractivity contribution in [1.82, 2.24) is 0 Å². The van der Waals surface area contributed by atoms with E-state index in [4.69, 9.17) is 20.2 Å². The molecule has 6 nitrogen and oxygen atoms in total. The summed E-state index contributed by atoms with van der Waals surface area (Å²) in [5.74, 6) is 1.30. The molecular weight excluding hydrogens is 468 g/mol. The fraction of sp³-hybridized carbons (Fsp3) is 0. The van der Waals surface area contributed by atoms with Gasteiger partial charge >= 0.3 is 0 Å². The normalized spacial score (nSPS) is 13.9. The van der Waals surface area contributed by atoms with Crippen LogP contribution in [-0.2, 0) is 0 Å². The monoisotopic (exact) mass is 490 g/mol. The van der Waals surface area contributed by atoms with Crippen LogP contribution in [-0.4, -0.2) is 11.7 Å². The van der Waals surface area contributed by atoms with Crippen molar-refractivity contribution in [2.24, 2.45) is 20.2 Å². The fourth-order valence-corrected chi connectivity index (χ4v) is 4.59. The van der Waals surface area contributed by atoms with Crippen LogP contribution >= 0.6 is 0 Å². The number of benzene rings is 5. The molecule has 0 aromatic heterocycles. The molecule has 0 radical (unpaired) electrons. The number of para-hydroxylation sites is 2. The van der Waals surface area contributed by atoms with Crippen molar-refractivity contribution in [3.05, 3.63) is 155 Å². The number of hydrogen-bond acceptors (Lipinski definition) is 6. The Labute approximate surface area is 219 Å². The number of amidine groups is 2. The average Bonchev–Trinajstić information content (AvgIpc) is 3.01. The summed E-state index contributed by atoms with van der Waals surface area (Å²) in [5, 5.41) is 15.4. The molecule has 0 aliphatic carbocycles. The first-order chi connectivity index (χ1) is 18.8. The Kier molecular flexibility index (Phi) is 5.33. The maximum atomic E-state index is 5.00. The fourth-order valence-electron chi connectivity index (χ4n) is 4.59. The zero-order valence-corrected chi connectivity index (χ0v) is 20.4. The minimum Gasteiger partial charge on any atom is -0.229 e. The zero-order chi connectivity index (χ0) is 25.3. The highest BCUT2D eigenvalue weighted by molar-refractivity contribution is 6.03. The summed E-state index contributed by atoms with van der Waals surface area (Å²) in [6.45, 7) is 0. The van der Waals surface area contributed by atoms with Crippen LogP contribution in [0.15, 0.2) is 154 Å². The smallest absolute Gasteiger partial charge is 0.180 e. The average molecular weight is 491 g/mol. The Bertz CT molecular complexity index is 1660. The quantitative estimate of drug-likeness (QED) is 0.312. The van der Waals surface area contributed by atoms with Crippen LogP contribution in [0.25, 0.3) is 0 Å². The Morgan fingerprint density at radius 3 is 1.11 bits per heavy atom. The van der Waals surface area contributed by atoms with Gasteiger partial charge in [-0.3, -0.25) is 0 Å². The van der Waals surface area contributed by atoms with E-state index < -0.39 is 0 Å². The lowest BCUT2D eigenvalue weighted by Gasteiger charge is -2.27. The molecule has 0 amide bonds. The molecule has 0 saturated carbocycles. The van der Waals surface area contributed by atoms with Crippen LogP contribution in [0, 0.1) is 0 Å². The van der Waals surface area contributed by atoms with Crippen molar-refractivity contribution in [3.8, 4) is 0 Å². The third kappa shape index (κ3) is 3.94. The first-order valence-corrected chi connectivity index (χ1v) is 12.4. The summed E-state index contributed by atoms with van der Waals surface area (Å²) in [7, 11) is 0. The van der Waals surface area contributed by atoms with Gasteiger partial charge in [-0.1, -0.05) is 97.1 Å². The van der Waals surface area contributed by atoms with Gasteiger partial charge in [0.1, 0.15) is 0 Å². The van der Waals surface area contributed by atoms with Crippen LogP contribution in [0.1, 0.15) is 11.1 Å². The van der Waals surface area contributed by atoms with Gasteiger partial charge in [0.15, 0.2) is 11.7 Å². The third-order valence-electron chi connectivity index (χ3n) is 6.44. The lowest BCUT2D eigenvalue weighted by molar-refractivity contribution is 0.996. The topological polar surface area (TPSA) is 55.9 Å². The molecule has 0 fully saturated rings. The second-order valence-corrected chi connectivity index (χ2v) is 8.93. The van der Waals surface area contributed by atoms with E-state index in [0.717, 1.165) is 44.6 Å². The minimum absolute atomic E-state index is 0.648. The van der Waals surface area contributed by atoms with Crippen LogP contribution in [0.3, 0.4) is 0 Å². The second kappa shape index (κ2) is 9.26. The summed E-state index contributed by atoms with van der Waals surface area (Å²) in [6, 6.07) is 44.4. The van der Waals surface area contributed by atoms with Crippen LogP contribution in [0.2, 0.25) is 0 Å². The number of rotatable bonds is 4. The molecule has 5 aromatic carbocycles. The van der Waals surface area contributed by atoms with Gasteiger partial charge in [0.05, 0.1) is 33.5 Å². The summed E-state index contributed by atoms with van der Waals surface area (Å²) in [4.78, 5) is 9.99. The van der Waals surface area contributed by atoms with E-state index in [0.29, 0.717) is 11.7 Å². The van der Waals surface area contributed by atoms with Crippen LogP contribution in [0.5, 0.6) is 0 Å². The van der Waals surface area contributed by atoms with Crippen molar-refractivity contribution in [3.63, 3.8) is 0 Å². The van der Waals surface area contributed by atoms with Crippen molar-refractivity contribution in [2.75, 3.05) is 10.0 Å². The lowest BCUT2D eigenvalue weighted by atomic mass is 10.1. The molecule has 7 rings (SSSR count). The largest absolute Gasteiger partial charge is 0.229 e. The number of hydrazone groups is 2. The molecular formula is C32H22N6. The van der Waals surface area contributed by atoms with Crippen molar-refractivity contribution in [1.29, 1.82) is 0 Å². The molecule has 2 aliphatic heterocycles. The Morgan fingerprint density at radius 2 is 0.737 bits per heavy atom. The summed E-state index contributed by atoms with van der Waals surface area (Å²) < 4.78 is 0. The second-order valence-electron chi connectivity index (χ2n) is 8.93. The summed E-state index contributed by atoms with van der Waals surface area (Å²) >= 11 is 0. The van der Waals surface area contributed by atoms with Gasteiger partial charge in [0.25, 0.3) is 0 Å². The van der Waals surface area contributed by atoms with Gasteiger partial charge in [-0.2, -0.15) is 0 Å². The highest BCUT2D eigenvalue weighted by Gasteiger charge is 2.24. The molecule has 2 aliphatic rings. The van der Waals surface area contributed by atoms with Crippen molar-refractivity contribution in [2.45, 2.75) is 0 Å². The summed E-state index contributed by atoms with van der Waals surface area (Å²) in [6.07, 6.45) is 0. The van der Waals surface area contributed by atoms with Crippen LogP contribution < -0.4 is 20.7 Å². The van der Waals surface area contributed by atoms with Crippen molar-refractivity contribution < 1.29 is 0 Å². The molecule has 2 heterocycles. The molecule has 0 unspecified atom stereocenters. The highest BCUT2D eigenvalue weighted by Crippen LogP contribution is 2.30. The molecule has 5 aromatic rings. The van der Waals surface area contributed by atoms with E-state index >= 15 is 0 Å². The van der Waals surface area contributed by atoms with Crippen molar-refractivity contribution >= 4 is 34.4 Å². The van der Waals surface area contributed by atoms with Gasteiger partial charge in [-0.25, -0.2) is 20.0 Å². The van der Waals surface area contributed by atoms with E-state index in [1.165, 1.54) is 0 Å². The van der Waals surface area contributed by atoms with E-state index in [1.807, 2.05) is 131 Å². The molecule has 0 atom stereocenters. The zero-order valence-electron chi connectivity index (χ0n) is 20.4. The van der Waals surface area contributed by atoms with E-state index in [2.05, 4.69) is 12.1 Å². The van der Waals surface area contributed by atoms with Gasteiger partial charge < -0.3 is 0 Å². The standard InChI is InChI=1S/C32H22N6/c1-5-13-23(14-6-1)31-33-27-21-30-28(22-29(27)37(35-31)25-17-9-3-10-18-25)34-32(24-15-7-2-8-16-24)36-38(30)26-19-11-4-12-20-26/h1-22H. The predicted molar refractivity (Wildman–Crippen MR) is 152 cm³/mol. The Hall–Kier alpha value is -5.36. The molecule has 0 N–H and O–H groups in total. The summed E-state index contributed by atoms with van der Waals surface area (Å²) in [5.41, 5.74) is 5.52.